The van der Waals surface area contributed by atoms with Gasteiger partial charge in [-0.2, -0.15) is 0 Å². The van der Waals surface area contributed by atoms with Crippen LogP contribution in [0.2, 0.25) is 0 Å². The van der Waals surface area contributed by atoms with Crippen molar-refractivity contribution in [1.82, 2.24) is 9.88 Å². The molecule has 136 valence electrons. The number of benzene rings is 1. The van der Waals surface area contributed by atoms with Crippen molar-refractivity contribution in [3.63, 3.8) is 0 Å². The molecule has 2 aromatic rings. The Bertz CT molecular complexity index is 758. The first-order valence-corrected chi connectivity index (χ1v) is 9.19. The Morgan fingerprint density at radius 1 is 1.24 bits per heavy atom. The molecule has 0 N–H and O–H groups in total. The van der Waals surface area contributed by atoms with E-state index < -0.39 is 11.6 Å². The minimum atomic E-state index is -0.881. The molecule has 0 bridgehead atoms. The highest BCUT2D eigenvalue weighted by atomic mass is 32.1. The predicted molar refractivity (Wildman–Crippen MR) is 96.8 cm³/mol. The van der Waals surface area contributed by atoms with Crippen molar-refractivity contribution >= 4 is 17.2 Å². The lowest BCUT2D eigenvalue weighted by Gasteiger charge is -2.24. The van der Waals surface area contributed by atoms with E-state index in [0.717, 1.165) is 27.7 Å². The van der Waals surface area contributed by atoms with Crippen molar-refractivity contribution in [2.24, 2.45) is 0 Å². The van der Waals surface area contributed by atoms with Gasteiger partial charge in [-0.3, -0.25) is 4.79 Å². The van der Waals surface area contributed by atoms with Crippen LogP contribution in [0, 0.1) is 18.6 Å². The van der Waals surface area contributed by atoms with Crippen LogP contribution in [0.4, 0.5) is 8.78 Å². The smallest absolute Gasteiger partial charge is 0.223 e. The maximum Gasteiger partial charge on any atom is 0.223 e. The van der Waals surface area contributed by atoms with Gasteiger partial charge in [0.15, 0.2) is 11.6 Å². The summed E-state index contributed by atoms with van der Waals surface area (Å²) in [4.78, 5) is 19.9. The van der Waals surface area contributed by atoms with E-state index in [4.69, 9.17) is 0 Å². The molecule has 0 fully saturated rings. The Balaban J connectivity index is 2.02. The minimum Gasteiger partial charge on any atom is -0.338 e. The third-order valence-corrected chi connectivity index (χ3v) is 5.94. The molecule has 25 heavy (non-hydrogen) atoms. The number of halogens is 2. The fourth-order valence-corrected chi connectivity index (χ4v) is 3.74. The maximum atomic E-state index is 13.2. The Labute approximate surface area is 151 Å². The Morgan fingerprint density at radius 2 is 1.92 bits per heavy atom. The van der Waals surface area contributed by atoms with Crippen LogP contribution in [-0.4, -0.2) is 22.8 Å². The number of nitrogens with zero attached hydrogens (tertiary/aromatic N) is 2. The number of hydrogen-bond donors (Lipinski definition) is 0. The molecule has 0 unspecified atom stereocenters. The maximum absolute atomic E-state index is 13.2. The van der Waals surface area contributed by atoms with Crippen molar-refractivity contribution in [2.75, 3.05) is 7.05 Å². The van der Waals surface area contributed by atoms with Gasteiger partial charge in [0.05, 0.1) is 16.7 Å². The molecule has 1 aromatic heterocycles. The summed E-state index contributed by atoms with van der Waals surface area (Å²) in [5.41, 5.74) is 1.57. The molecule has 3 nitrogen and oxygen atoms in total. The van der Waals surface area contributed by atoms with Crippen molar-refractivity contribution < 1.29 is 13.6 Å². The number of carbonyl (C=O) groups is 1. The van der Waals surface area contributed by atoms with Crippen LogP contribution in [0.3, 0.4) is 0 Å². The summed E-state index contributed by atoms with van der Waals surface area (Å²) in [6.07, 6.45) is 0.632. The molecule has 0 aliphatic carbocycles. The highest BCUT2D eigenvalue weighted by Gasteiger charge is 2.22. The first-order chi connectivity index (χ1) is 11.7. The van der Waals surface area contributed by atoms with Crippen LogP contribution in [0.15, 0.2) is 18.2 Å². The normalized spacial score (nSPS) is 12.5. The SMILES string of the molecule is Cc1nc(C(C)C)sc1[C@@H](C)N(C)C(=O)CCc1ccc(F)c(F)c1. The van der Waals surface area contributed by atoms with Gasteiger partial charge in [-0.1, -0.05) is 19.9 Å². The second-order valence-electron chi connectivity index (χ2n) is 6.59. The molecule has 1 amide bonds. The number of aryl methyl sites for hydroxylation is 2. The number of hydrogen-bond acceptors (Lipinski definition) is 3. The van der Waals surface area contributed by atoms with Gasteiger partial charge in [-0.25, -0.2) is 13.8 Å². The molecule has 0 saturated heterocycles. The average Bonchev–Trinajstić information content (AvgIpc) is 2.96. The van der Waals surface area contributed by atoms with Gasteiger partial charge in [0.25, 0.3) is 0 Å². The molecule has 0 radical (unpaired) electrons. The summed E-state index contributed by atoms with van der Waals surface area (Å²) < 4.78 is 26.2. The van der Waals surface area contributed by atoms with Gasteiger partial charge >= 0.3 is 0 Å². The van der Waals surface area contributed by atoms with Crippen molar-refractivity contribution in [3.8, 4) is 0 Å². The molecule has 1 atom stereocenters. The molecular weight excluding hydrogens is 342 g/mol. The van der Waals surface area contributed by atoms with E-state index in [1.54, 1.807) is 23.3 Å². The monoisotopic (exact) mass is 366 g/mol. The van der Waals surface area contributed by atoms with Gasteiger partial charge in [-0.15, -0.1) is 11.3 Å². The third kappa shape index (κ3) is 4.63. The summed E-state index contributed by atoms with van der Waals surface area (Å²) >= 11 is 1.64. The first kappa shape index (κ1) is 19.5. The lowest BCUT2D eigenvalue weighted by molar-refractivity contribution is -0.131. The third-order valence-electron chi connectivity index (χ3n) is 4.31. The summed E-state index contributed by atoms with van der Waals surface area (Å²) in [5, 5.41) is 1.07. The van der Waals surface area contributed by atoms with Gasteiger partial charge in [-0.05, 0) is 38.0 Å². The number of carbonyl (C=O) groups excluding carboxylic acids is 1. The second kappa shape index (κ2) is 8.04. The fourth-order valence-electron chi connectivity index (χ4n) is 2.58. The largest absolute Gasteiger partial charge is 0.338 e. The Morgan fingerprint density at radius 3 is 2.48 bits per heavy atom. The van der Waals surface area contributed by atoms with E-state index >= 15 is 0 Å². The second-order valence-corrected chi connectivity index (χ2v) is 7.65. The van der Waals surface area contributed by atoms with Crippen molar-refractivity contribution in [2.45, 2.75) is 52.5 Å². The quantitative estimate of drug-likeness (QED) is 0.720. The zero-order valence-electron chi connectivity index (χ0n) is 15.3. The van der Waals surface area contributed by atoms with E-state index in [1.807, 2.05) is 13.8 Å². The molecule has 6 heteroatoms. The average molecular weight is 366 g/mol. The topological polar surface area (TPSA) is 33.2 Å². The minimum absolute atomic E-state index is 0.0314. The van der Waals surface area contributed by atoms with Gasteiger partial charge in [0.1, 0.15) is 0 Å². The van der Waals surface area contributed by atoms with Crippen LogP contribution in [0.1, 0.15) is 60.3 Å². The van der Waals surface area contributed by atoms with Gasteiger partial charge in [0, 0.05) is 24.3 Å². The number of thiazole rings is 1. The molecule has 1 heterocycles. The standard InChI is InChI=1S/C19H24F2N2OS/c1-11(2)19-22-12(3)18(25-19)13(4)23(5)17(24)9-7-14-6-8-15(20)16(21)10-14/h6,8,10-11,13H,7,9H2,1-5H3/t13-/m1/s1. The van der Waals surface area contributed by atoms with E-state index in [2.05, 4.69) is 18.8 Å². The lowest BCUT2D eigenvalue weighted by Crippen LogP contribution is -2.29. The molecule has 0 spiro atoms. The van der Waals surface area contributed by atoms with Crippen LogP contribution in [0.25, 0.3) is 0 Å². The number of aromatic nitrogens is 1. The molecule has 0 aliphatic rings. The Hall–Kier alpha value is -1.82. The molecule has 0 saturated carbocycles. The fraction of sp³-hybridized carbons (Fsp3) is 0.474. The summed E-state index contributed by atoms with van der Waals surface area (Å²) in [6, 6.07) is 3.68. The molecule has 1 aromatic carbocycles. The molecule has 2 rings (SSSR count). The zero-order chi connectivity index (χ0) is 18.7. The van der Waals surface area contributed by atoms with E-state index in [-0.39, 0.29) is 18.4 Å². The lowest BCUT2D eigenvalue weighted by atomic mass is 10.1. The van der Waals surface area contributed by atoms with Crippen LogP contribution >= 0.6 is 11.3 Å². The highest BCUT2D eigenvalue weighted by molar-refractivity contribution is 7.11. The first-order valence-electron chi connectivity index (χ1n) is 8.37. The van der Waals surface area contributed by atoms with E-state index in [1.165, 1.54) is 6.07 Å². The van der Waals surface area contributed by atoms with E-state index in [0.29, 0.717) is 17.9 Å². The van der Waals surface area contributed by atoms with E-state index in [9.17, 15) is 13.6 Å². The molecular formula is C19H24F2N2OS. The van der Waals surface area contributed by atoms with Crippen molar-refractivity contribution in [1.29, 1.82) is 0 Å². The van der Waals surface area contributed by atoms with Crippen LogP contribution in [-0.2, 0) is 11.2 Å². The number of rotatable bonds is 6. The summed E-state index contributed by atoms with van der Waals surface area (Å²) in [6.45, 7) is 8.15. The Kier molecular flexibility index (Phi) is 6.27. The van der Waals surface area contributed by atoms with Crippen LogP contribution < -0.4 is 0 Å². The highest BCUT2D eigenvalue weighted by Crippen LogP contribution is 2.32. The summed E-state index contributed by atoms with van der Waals surface area (Å²) in [5.74, 6) is -1.43. The molecule has 0 aliphatic heterocycles. The van der Waals surface area contributed by atoms with Gasteiger partial charge < -0.3 is 4.90 Å². The zero-order valence-corrected chi connectivity index (χ0v) is 16.1. The van der Waals surface area contributed by atoms with Crippen molar-refractivity contribution in [3.05, 3.63) is 51.0 Å². The summed E-state index contributed by atoms with van der Waals surface area (Å²) in [7, 11) is 1.77. The van der Waals surface area contributed by atoms with Gasteiger partial charge in [0.2, 0.25) is 5.91 Å². The van der Waals surface area contributed by atoms with Crippen LogP contribution in [0.5, 0.6) is 0 Å². The number of amides is 1. The predicted octanol–water partition coefficient (Wildman–Crippen LogP) is 5.01.